The predicted molar refractivity (Wildman–Crippen MR) is 110 cm³/mol. The summed E-state index contributed by atoms with van der Waals surface area (Å²) in [4.78, 5) is 50.5. The number of hydrogen-bond donors (Lipinski definition) is 5. The zero-order valence-electron chi connectivity index (χ0n) is 18.0. The van der Waals surface area contributed by atoms with E-state index in [1.54, 1.807) is 6.20 Å². The Morgan fingerprint density at radius 3 is 2.32 bits per heavy atom. The van der Waals surface area contributed by atoms with Crippen molar-refractivity contribution in [3.05, 3.63) is 36.0 Å². The smallest absolute Gasteiger partial charge is 0.481 e. The van der Waals surface area contributed by atoms with Gasteiger partial charge < -0.3 is 25.8 Å². The van der Waals surface area contributed by atoms with Crippen LogP contribution in [0.5, 0.6) is 0 Å². The molecule has 31 heavy (non-hydrogen) atoms. The van der Waals surface area contributed by atoms with Gasteiger partial charge in [0.25, 0.3) is 0 Å². The molecule has 0 radical (unpaired) electrons. The standard InChI is InChI=1S/C21H27N3O6.Na/c1-12(2)9-18(25)23-16(7-8-19(26)27)20(28)24-17(21(29)30)10-13-11-22-15-6-4-3-5-14(13)15;/h3-6,11-12,16-17,22H,7-10H2,1-2H3,(H,23,25)(H,24,28)(H,26,27)(H,29,30);/q;+1. The van der Waals surface area contributed by atoms with E-state index in [1.165, 1.54) is 0 Å². The van der Waals surface area contributed by atoms with Gasteiger partial charge in [0, 0.05) is 36.4 Å². The van der Waals surface area contributed by atoms with Gasteiger partial charge in [-0.15, -0.1) is 0 Å². The fraction of sp³-hybridized carbons (Fsp3) is 0.429. The Bertz CT molecular complexity index is 927. The third-order valence-electron chi connectivity index (χ3n) is 4.61. The van der Waals surface area contributed by atoms with Crippen LogP contribution in [0, 0.1) is 5.92 Å². The van der Waals surface area contributed by atoms with E-state index in [2.05, 4.69) is 15.6 Å². The van der Waals surface area contributed by atoms with Crippen molar-refractivity contribution < 1.29 is 58.9 Å². The topological polar surface area (TPSA) is 149 Å². The first-order valence-electron chi connectivity index (χ1n) is 9.76. The molecule has 2 rings (SSSR count). The number of aromatic nitrogens is 1. The van der Waals surface area contributed by atoms with Gasteiger partial charge in [-0.05, 0) is 24.0 Å². The van der Waals surface area contributed by atoms with E-state index in [4.69, 9.17) is 5.11 Å². The molecule has 2 aromatic rings. The Balaban J connectivity index is 0.00000480. The molecule has 162 valence electrons. The van der Waals surface area contributed by atoms with Crippen molar-refractivity contribution in [2.24, 2.45) is 5.92 Å². The van der Waals surface area contributed by atoms with Gasteiger partial charge >= 0.3 is 41.5 Å². The van der Waals surface area contributed by atoms with E-state index in [1.807, 2.05) is 38.1 Å². The van der Waals surface area contributed by atoms with Crippen molar-refractivity contribution in [1.29, 1.82) is 0 Å². The molecule has 0 fully saturated rings. The Morgan fingerprint density at radius 2 is 1.71 bits per heavy atom. The Hall–Kier alpha value is -2.36. The molecular formula is C21H27N3NaO6+. The van der Waals surface area contributed by atoms with Crippen molar-refractivity contribution in [3.8, 4) is 0 Å². The van der Waals surface area contributed by atoms with Crippen LogP contribution in [-0.2, 0) is 25.6 Å². The third kappa shape index (κ3) is 8.35. The number of amides is 2. The molecule has 0 bridgehead atoms. The van der Waals surface area contributed by atoms with Gasteiger partial charge in [0.2, 0.25) is 11.8 Å². The van der Waals surface area contributed by atoms with E-state index in [0.717, 1.165) is 16.5 Å². The molecule has 2 atom stereocenters. The summed E-state index contributed by atoms with van der Waals surface area (Å²) in [6.07, 6.45) is 1.44. The molecule has 10 heteroatoms. The molecule has 2 unspecified atom stereocenters. The number of carboxylic acid groups (broad SMARTS) is 2. The fourth-order valence-corrected chi connectivity index (χ4v) is 3.15. The van der Waals surface area contributed by atoms with Crippen LogP contribution in [0.15, 0.2) is 30.5 Å². The number of carbonyl (C=O) groups excluding carboxylic acids is 2. The van der Waals surface area contributed by atoms with Crippen LogP contribution >= 0.6 is 0 Å². The van der Waals surface area contributed by atoms with E-state index in [0.29, 0.717) is 0 Å². The summed E-state index contributed by atoms with van der Waals surface area (Å²) in [6.45, 7) is 3.68. The number of fused-ring (bicyclic) bond motifs is 1. The minimum atomic E-state index is -1.23. The van der Waals surface area contributed by atoms with Gasteiger partial charge in [-0.3, -0.25) is 14.4 Å². The van der Waals surface area contributed by atoms with Gasteiger partial charge in [-0.1, -0.05) is 32.0 Å². The summed E-state index contributed by atoms with van der Waals surface area (Å²) < 4.78 is 0. The van der Waals surface area contributed by atoms with Crippen molar-refractivity contribution in [1.82, 2.24) is 15.6 Å². The molecule has 0 aliphatic heterocycles. The normalized spacial score (nSPS) is 12.6. The van der Waals surface area contributed by atoms with Crippen LogP contribution in [0.2, 0.25) is 0 Å². The molecule has 0 saturated heterocycles. The van der Waals surface area contributed by atoms with Crippen LogP contribution < -0.4 is 40.2 Å². The van der Waals surface area contributed by atoms with E-state index in [9.17, 15) is 24.3 Å². The maximum Gasteiger partial charge on any atom is 1.00 e. The average Bonchev–Trinajstić information content (AvgIpc) is 3.06. The first-order chi connectivity index (χ1) is 14.2. The molecule has 1 aromatic carbocycles. The second kappa shape index (κ2) is 12.5. The first kappa shape index (κ1) is 26.7. The summed E-state index contributed by atoms with van der Waals surface area (Å²) in [6, 6.07) is 5.04. The number of H-pyrrole nitrogens is 1. The van der Waals surface area contributed by atoms with E-state index in [-0.39, 0.29) is 67.1 Å². The SMILES string of the molecule is CC(C)CC(=O)NC(CCC(=O)O)C(=O)NC(Cc1c[nH]c2ccccc12)C(=O)O.[Na+]. The van der Waals surface area contributed by atoms with Crippen LogP contribution in [-0.4, -0.2) is 51.0 Å². The van der Waals surface area contributed by atoms with Crippen molar-refractivity contribution in [2.75, 3.05) is 0 Å². The number of hydrogen-bond acceptors (Lipinski definition) is 4. The second-order valence-electron chi connectivity index (χ2n) is 7.61. The number of carboxylic acids is 2. The fourth-order valence-electron chi connectivity index (χ4n) is 3.15. The number of rotatable bonds is 11. The zero-order chi connectivity index (χ0) is 22.3. The van der Waals surface area contributed by atoms with Crippen molar-refractivity contribution in [3.63, 3.8) is 0 Å². The van der Waals surface area contributed by atoms with Crippen LogP contribution in [0.25, 0.3) is 10.9 Å². The first-order valence-corrected chi connectivity index (χ1v) is 9.76. The van der Waals surface area contributed by atoms with Gasteiger partial charge in [-0.25, -0.2) is 4.79 Å². The maximum atomic E-state index is 12.7. The van der Waals surface area contributed by atoms with Crippen LogP contribution in [0.4, 0.5) is 0 Å². The second-order valence-corrected chi connectivity index (χ2v) is 7.61. The summed E-state index contributed by atoms with van der Waals surface area (Å²) in [5.74, 6) is -3.39. The van der Waals surface area contributed by atoms with E-state index >= 15 is 0 Å². The molecule has 1 aromatic heterocycles. The maximum absolute atomic E-state index is 12.7. The molecule has 0 aliphatic carbocycles. The molecule has 2 amide bonds. The summed E-state index contributed by atoms with van der Waals surface area (Å²) in [5.41, 5.74) is 1.58. The Kier molecular flexibility index (Phi) is 10.7. The molecular weight excluding hydrogens is 413 g/mol. The number of aromatic amines is 1. The number of aliphatic carboxylic acids is 2. The van der Waals surface area contributed by atoms with Crippen LogP contribution in [0.3, 0.4) is 0 Å². The van der Waals surface area contributed by atoms with Crippen molar-refractivity contribution >= 4 is 34.7 Å². The zero-order valence-corrected chi connectivity index (χ0v) is 20.0. The third-order valence-corrected chi connectivity index (χ3v) is 4.61. The number of para-hydroxylation sites is 1. The van der Waals surface area contributed by atoms with Crippen LogP contribution in [0.1, 0.15) is 38.7 Å². The molecule has 5 N–H and O–H groups in total. The molecule has 9 nitrogen and oxygen atoms in total. The van der Waals surface area contributed by atoms with Gasteiger partial charge in [-0.2, -0.15) is 0 Å². The van der Waals surface area contributed by atoms with Gasteiger partial charge in [0.15, 0.2) is 0 Å². The monoisotopic (exact) mass is 440 g/mol. The number of nitrogens with one attached hydrogen (secondary N) is 3. The summed E-state index contributed by atoms with van der Waals surface area (Å²) in [7, 11) is 0. The quantitative estimate of drug-likeness (QED) is 0.274. The van der Waals surface area contributed by atoms with Crippen molar-refractivity contribution in [2.45, 2.75) is 51.6 Å². The average molecular weight is 440 g/mol. The minimum Gasteiger partial charge on any atom is -0.481 e. The molecule has 0 saturated carbocycles. The number of carbonyl (C=O) groups is 4. The number of benzene rings is 1. The summed E-state index contributed by atoms with van der Waals surface area (Å²) in [5, 5.41) is 24.3. The Labute approximate surface area is 202 Å². The predicted octanol–water partition coefficient (Wildman–Crippen LogP) is -1.32. The molecule has 0 aliphatic rings. The Morgan fingerprint density at radius 1 is 1.03 bits per heavy atom. The minimum absolute atomic E-state index is 0. The largest absolute Gasteiger partial charge is 1.00 e. The van der Waals surface area contributed by atoms with E-state index < -0.39 is 29.9 Å². The molecule has 1 heterocycles. The van der Waals surface area contributed by atoms with Gasteiger partial charge in [0.1, 0.15) is 12.1 Å². The molecule has 0 spiro atoms. The van der Waals surface area contributed by atoms with Gasteiger partial charge in [0.05, 0.1) is 0 Å². The summed E-state index contributed by atoms with van der Waals surface area (Å²) >= 11 is 0.